The molecule has 9 heteroatoms. The van der Waals surface area contributed by atoms with Gasteiger partial charge in [0, 0.05) is 17.5 Å². The molecule has 0 saturated carbocycles. The number of thiophene rings is 1. The van der Waals surface area contributed by atoms with E-state index in [-0.39, 0.29) is 10.2 Å². The summed E-state index contributed by atoms with van der Waals surface area (Å²) in [4.78, 5) is 9.57. The Morgan fingerprint density at radius 1 is 1.04 bits per heavy atom. The Morgan fingerprint density at radius 3 is 2.43 bits per heavy atom. The molecule has 0 bridgehead atoms. The van der Waals surface area contributed by atoms with E-state index < -0.39 is 10.0 Å². The maximum absolute atomic E-state index is 11.4. The van der Waals surface area contributed by atoms with E-state index >= 15 is 0 Å². The maximum Gasteiger partial charge on any atom is 0.238 e. The number of nitrogens with zero attached hydrogens (tertiary/aromatic N) is 2. The number of halogens is 1. The molecular weight excluding hydrogens is 416 g/mol. The van der Waals surface area contributed by atoms with Gasteiger partial charge in [0.1, 0.15) is 10.6 Å². The van der Waals surface area contributed by atoms with E-state index in [9.17, 15) is 8.42 Å². The molecule has 0 fully saturated rings. The highest BCUT2D eigenvalue weighted by molar-refractivity contribution is 7.89. The Labute approximate surface area is 171 Å². The Morgan fingerprint density at radius 2 is 1.75 bits per heavy atom. The summed E-state index contributed by atoms with van der Waals surface area (Å²) in [5.74, 6) is 0.630. The molecule has 3 N–H and O–H groups in total. The highest BCUT2D eigenvalue weighted by atomic mass is 35.5. The second-order valence-corrected chi connectivity index (χ2v) is 8.84. The molecule has 6 nitrogen and oxygen atoms in total. The van der Waals surface area contributed by atoms with Crippen LogP contribution in [0.15, 0.2) is 64.9 Å². The van der Waals surface area contributed by atoms with Gasteiger partial charge in [0.05, 0.1) is 10.3 Å². The van der Waals surface area contributed by atoms with Gasteiger partial charge in [0.25, 0.3) is 0 Å². The Balaban J connectivity index is 1.68. The molecule has 0 aliphatic rings. The topological polar surface area (TPSA) is 98.0 Å². The fourth-order valence-corrected chi connectivity index (χ4v) is 4.54. The molecule has 142 valence electrons. The zero-order valence-electron chi connectivity index (χ0n) is 14.5. The number of rotatable bonds is 5. The van der Waals surface area contributed by atoms with Crippen molar-refractivity contribution >= 4 is 49.0 Å². The van der Waals surface area contributed by atoms with Crippen LogP contribution in [0.2, 0.25) is 5.28 Å². The standard InChI is InChI=1S/C19H15ClN4O2S2/c20-19-23-17(22-10-12-6-8-14(9-7-12)28(21,25)26)16-15(11-27-18(16)24-19)13-4-2-1-3-5-13/h1-9,11H,10H2,(H2,21,25,26)(H,22,23,24). The number of primary sulfonamides is 1. The number of anilines is 1. The van der Waals surface area contributed by atoms with Crippen LogP contribution in [0.4, 0.5) is 5.82 Å². The summed E-state index contributed by atoms with van der Waals surface area (Å²) in [5.41, 5.74) is 2.98. The Bertz CT molecular complexity index is 1240. The van der Waals surface area contributed by atoms with Crippen LogP contribution in [-0.2, 0) is 16.6 Å². The second-order valence-electron chi connectivity index (χ2n) is 6.08. The maximum atomic E-state index is 11.4. The molecule has 2 aromatic heterocycles. The predicted octanol–water partition coefficient (Wildman–Crippen LogP) is 4.27. The van der Waals surface area contributed by atoms with Crippen molar-refractivity contribution in [3.05, 3.63) is 70.8 Å². The quantitative estimate of drug-likeness (QED) is 0.460. The van der Waals surface area contributed by atoms with Crippen LogP contribution >= 0.6 is 22.9 Å². The predicted molar refractivity (Wildman–Crippen MR) is 113 cm³/mol. The zero-order chi connectivity index (χ0) is 19.7. The van der Waals surface area contributed by atoms with Crippen molar-refractivity contribution < 1.29 is 8.42 Å². The molecule has 4 aromatic rings. The largest absolute Gasteiger partial charge is 0.365 e. The van der Waals surface area contributed by atoms with E-state index in [0.717, 1.165) is 26.9 Å². The smallest absolute Gasteiger partial charge is 0.238 e. The van der Waals surface area contributed by atoms with E-state index in [0.29, 0.717) is 12.4 Å². The lowest BCUT2D eigenvalue weighted by Crippen LogP contribution is -2.12. The Hall–Kier alpha value is -2.52. The molecule has 2 aromatic carbocycles. The third-order valence-electron chi connectivity index (χ3n) is 4.20. The van der Waals surface area contributed by atoms with E-state index in [1.54, 1.807) is 12.1 Å². The first kappa shape index (κ1) is 18.8. The molecule has 0 atom stereocenters. The van der Waals surface area contributed by atoms with Crippen LogP contribution in [0.5, 0.6) is 0 Å². The van der Waals surface area contributed by atoms with Crippen molar-refractivity contribution in [1.82, 2.24) is 9.97 Å². The van der Waals surface area contributed by atoms with Crippen molar-refractivity contribution in [2.24, 2.45) is 5.14 Å². The number of nitrogens with one attached hydrogen (secondary N) is 1. The molecule has 28 heavy (non-hydrogen) atoms. The molecule has 0 saturated heterocycles. The van der Waals surface area contributed by atoms with Crippen molar-refractivity contribution in [3.63, 3.8) is 0 Å². The minimum absolute atomic E-state index is 0.0768. The van der Waals surface area contributed by atoms with Gasteiger partial charge in [0.2, 0.25) is 15.3 Å². The summed E-state index contributed by atoms with van der Waals surface area (Å²) in [7, 11) is -3.71. The number of sulfonamides is 1. The van der Waals surface area contributed by atoms with Gasteiger partial charge in [-0.1, -0.05) is 42.5 Å². The van der Waals surface area contributed by atoms with Crippen molar-refractivity contribution in [3.8, 4) is 11.1 Å². The van der Waals surface area contributed by atoms with Gasteiger partial charge in [-0.2, -0.15) is 0 Å². The highest BCUT2D eigenvalue weighted by Crippen LogP contribution is 2.37. The van der Waals surface area contributed by atoms with Crippen LogP contribution in [0.25, 0.3) is 21.3 Å². The Kier molecular flexibility index (Phi) is 5.03. The van der Waals surface area contributed by atoms with E-state index in [1.807, 2.05) is 35.7 Å². The molecule has 0 amide bonds. The minimum Gasteiger partial charge on any atom is -0.365 e. The van der Waals surface area contributed by atoms with Crippen LogP contribution in [0.1, 0.15) is 5.56 Å². The fraction of sp³-hybridized carbons (Fsp3) is 0.0526. The third kappa shape index (κ3) is 3.85. The van der Waals surface area contributed by atoms with Crippen LogP contribution in [0.3, 0.4) is 0 Å². The number of hydrogen-bond donors (Lipinski definition) is 2. The SMILES string of the molecule is NS(=O)(=O)c1ccc(CNc2nc(Cl)nc3scc(-c4ccccc4)c23)cc1. The molecule has 2 heterocycles. The van der Waals surface area contributed by atoms with Gasteiger partial charge in [-0.15, -0.1) is 11.3 Å². The first-order valence-corrected chi connectivity index (χ1v) is 11.1. The molecule has 0 spiro atoms. The summed E-state index contributed by atoms with van der Waals surface area (Å²) in [6, 6.07) is 16.4. The van der Waals surface area contributed by atoms with Crippen molar-refractivity contribution in [2.45, 2.75) is 11.4 Å². The van der Waals surface area contributed by atoms with E-state index in [4.69, 9.17) is 16.7 Å². The number of fused-ring (bicyclic) bond motifs is 1. The van der Waals surface area contributed by atoms with Crippen LogP contribution in [-0.4, -0.2) is 18.4 Å². The van der Waals surface area contributed by atoms with E-state index in [2.05, 4.69) is 15.3 Å². The lowest BCUT2D eigenvalue weighted by molar-refractivity contribution is 0.598. The van der Waals surface area contributed by atoms with Gasteiger partial charge >= 0.3 is 0 Å². The lowest BCUT2D eigenvalue weighted by atomic mass is 10.1. The first-order valence-electron chi connectivity index (χ1n) is 8.27. The molecule has 0 unspecified atom stereocenters. The lowest BCUT2D eigenvalue weighted by Gasteiger charge is -2.10. The van der Waals surface area contributed by atoms with Crippen molar-refractivity contribution in [2.75, 3.05) is 5.32 Å². The summed E-state index contributed by atoms with van der Waals surface area (Å²) >= 11 is 7.60. The summed E-state index contributed by atoms with van der Waals surface area (Å²) in [6.07, 6.45) is 0. The number of benzene rings is 2. The minimum atomic E-state index is -3.71. The zero-order valence-corrected chi connectivity index (χ0v) is 16.9. The highest BCUT2D eigenvalue weighted by Gasteiger charge is 2.15. The normalized spacial score (nSPS) is 11.6. The van der Waals surface area contributed by atoms with Gasteiger partial charge in [0.15, 0.2) is 0 Å². The molecular formula is C19H15ClN4O2S2. The molecule has 0 aliphatic carbocycles. The molecule has 0 aliphatic heterocycles. The monoisotopic (exact) mass is 430 g/mol. The van der Waals surface area contributed by atoms with Crippen molar-refractivity contribution in [1.29, 1.82) is 0 Å². The fourth-order valence-electron chi connectivity index (χ4n) is 2.86. The molecule has 0 radical (unpaired) electrons. The number of nitrogens with two attached hydrogens (primary N) is 1. The first-order chi connectivity index (χ1) is 13.4. The van der Waals surface area contributed by atoms with Crippen LogP contribution < -0.4 is 10.5 Å². The van der Waals surface area contributed by atoms with E-state index in [1.165, 1.54) is 23.5 Å². The van der Waals surface area contributed by atoms with Gasteiger partial charge in [-0.05, 0) is 34.9 Å². The summed E-state index contributed by atoms with van der Waals surface area (Å²) < 4.78 is 22.8. The number of aromatic nitrogens is 2. The summed E-state index contributed by atoms with van der Waals surface area (Å²) in [6.45, 7) is 0.442. The van der Waals surface area contributed by atoms with Crippen LogP contribution in [0, 0.1) is 0 Å². The van der Waals surface area contributed by atoms with Gasteiger partial charge < -0.3 is 5.32 Å². The van der Waals surface area contributed by atoms with Gasteiger partial charge in [-0.3, -0.25) is 0 Å². The van der Waals surface area contributed by atoms with Gasteiger partial charge in [-0.25, -0.2) is 23.5 Å². The molecule has 4 rings (SSSR count). The summed E-state index contributed by atoms with van der Waals surface area (Å²) in [5, 5.41) is 11.5. The average molecular weight is 431 g/mol. The number of hydrogen-bond acceptors (Lipinski definition) is 6. The average Bonchev–Trinajstić information content (AvgIpc) is 3.10. The second kappa shape index (κ2) is 7.48. The third-order valence-corrected chi connectivity index (χ3v) is 6.17.